The Balaban J connectivity index is 1.67. The van der Waals surface area contributed by atoms with Crippen LogP contribution in [0.2, 0.25) is 0 Å². The highest BCUT2D eigenvalue weighted by Crippen LogP contribution is 2.13. The van der Waals surface area contributed by atoms with Crippen LogP contribution in [0.25, 0.3) is 11.0 Å². The van der Waals surface area contributed by atoms with Gasteiger partial charge < -0.3 is 10.2 Å². The molecule has 3 aromatic rings. The molecule has 0 aliphatic heterocycles. The molecule has 0 fully saturated rings. The molecule has 0 saturated heterocycles. The molecule has 1 aromatic heterocycles. The lowest BCUT2D eigenvalue weighted by Gasteiger charge is -2.08. The predicted octanol–water partition coefficient (Wildman–Crippen LogP) is 2.68. The molecular weight excluding hydrogens is 320 g/mol. The second kappa shape index (κ2) is 7.12. The number of para-hydroxylation sites is 1. The summed E-state index contributed by atoms with van der Waals surface area (Å²) in [4.78, 5) is 30.3. The minimum atomic E-state index is -0.560. The first kappa shape index (κ1) is 16.6. The lowest BCUT2D eigenvalue weighted by Crippen LogP contribution is -2.21. The first-order chi connectivity index (χ1) is 12.0. The van der Waals surface area contributed by atoms with Crippen LogP contribution in [0, 0.1) is 5.92 Å². The van der Waals surface area contributed by atoms with Gasteiger partial charge in [0.15, 0.2) is 0 Å². The maximum absolute atomic E-state index is 12.2. The summed E-state index contributed by atoms with van der Waals surface area (Å²) in [6, 6.07) is 13.7. The highest BCUT2D eigenvalue weighted by molar-refractivity contribution is 5.93. The minimum Gasteiger partial charge on any atom is -0.326 e. The number of carbonyl (C=O) groups excluding carboxylic acids is 2. The van der Waals surface area contributed by atoms with Crippen molar-refractivity contribution in [1.82, 2.24) is 15.2 Å². The van der Waals surface area contributed by atoms with Gasteiger partial charge in [-0.2, -0.15) is 0 Å². The Labute approximate surface area is 144 Å². The standard InChI is InChI=1S/C18H18N4O3/c1-12(2)11-17(23)19-14-9-7-13(8-10-14)18(24)25-22-16-6-4-3-5-15(16)20-21-22/h3-10,12H,11H2,1-2H3,(H,19,23). The maximum Gasteiger partial charge on any atom is 0.365 e. The molecule has 0 radical (unpaired) electrons. The highest BCUT2D eigenvalue weighted by atomic mass is 16.7. The van der Waals surface area contributed by atoms with Gasteiger partial charge in [-0.15, -0.1) is 5.10 Å². The third-order valence-electron chi connectivity index (χ3n) is 3.49. The average molecular weight is 338 g/mol. The van der Waals surface area contributed by atoms with Crippen molar-refractivity contribution in [3.8, 4) is 0 Å². The molecule has 25 heavy (non-hydrogen) atoms. The summed E-state index contributed by atoms with van der Waals surface area (Å²) >= 11 is 0. The number of rotatable bonds is 5. The van der Waals surface area contributed by atoms with E-state index in [1.165, 1.54) is 0 Å². The summed E-state index contributed by atoms with van der Waals surface area (Å²) in [5, 5.41) is 10.5. The monoisotopic (exact) mass is 338 g/mol. The molecule has 7 heteroatoms. The second-order valence-electron chi connectivity index (χ2n) is 6.05. The fourth-order valence-corrected chi connectivity index (χ4v) is 2.32. The molecule has 0 bridgehead atoms. The number of hydrogen-bond donors (Lipinski definition) is 1. The van der Waals surface area contributed by atoms with Gasteiger partial charge in [-0.05, 0) is 47.5 Å². The summed E-state index contributed by atoms with van der Waals surface area (Å²) in [5.74, 6) is -0.332. The Morgan fingerprint density at radius 2 is 1.84 bits per heavy atom. The van der Waals surface area contributed by atoms with Gasteiger partial charge in [0, 0.05) is 12.1 Å². The summed E-state index contributed by atoms with van der Waals surface area (Å²) in [6.07, 6.45) is 0.448. The van der Waals surface area contributed by atoms with Gasteiger partial charge in [0.25, 0.3) is 0 Å². The van der Waals surface area contributed by atoms with Crippen molar-refractivity contribution in [2.45, 2.75) is 20.3 Å². The van der Waals surface area contributed by atoms with Crippen LogP contribution in [-0.4, -0.2) is 27.0 Å². The third kappa shape index (κ3) is 4.00. The Morgan fingerprint density at radius 1 is 1.12 bits per heavy atom. The van der Waals surface area contributed by atoms with Gasteiger partial charge in [-0.25, -0.2) is 4.79 Å². The van der Waals surface area contributed by atoms with Gasteiger partial charge in [0.2, 0.25) is 5.91 Å². The van der Waals surface area contributed by atoms with E-state index >= 15 is 0 Å². The molecule has 0 unspecified atom stereocenters. The fraction of sp³-hybridized carbons (Fsp3) is 0.222. The maximum atomic E-state index is 12.2. The first-order valence-electron chi connectivity index (χ1n) is 7.96. The molecular formula is C18H18N4O3. The zero-order valence-electron chi connectivity index (χ0n) is 14.0. The van der Waals surface area contributed by atoms with Crippen molar-refractivity contribution in [3.05, 3.63) is 54.1 Å². The number of nitrogens with one attached hydrogen (secondary N) is 1. The zero-order valence-corrected chi connectivity index (χ0v) is 14.0. The van der Waals surface area contributed by atoms with E-state index in [0.717, 1.165) is 4.85 Å². The van der Waals surface area contributed by atoms with Gasteiger partial charge in [0.1, 0.15) is 11.0 Å². The van der Waals surface area contributed by atoms with Gasteiger partial charge in [-0.1, -0.05) is 30.8 Å². The molecule has 0 spiro atoms. The first-order valence-corrected chi connectivity index (χ1v) is 7.96. The summed E-state index contributed by atoms with van der Waals surface area (Å²) in [5.41, 5.74) is 2.22. The Morgan fingerprint density at radius 3 is 2.56 bits per heavy atom. The number of fused-ring (bicyclic) bond motifs is 1. The van der Waals surface area contributed by atoms with E-state index in [9.17, 15) is 9.59 Å². The lowest BCUT2D eigenvalue weighted by molar-refractivity contribution is -0.116. The molecule has 0 atom stereocenters. The molecule has 0 aliphatic rings. The Kier molecular flexibility index (Phi) is 4.74. The molecule has 0 saturated carbocycles. The van der Waals surface area contributed by atoms with Crippen LogP contribution in [-0.2, 0) is 4.79 Å². The van der Waals surface area contributed by atoms with E-state index in [-0.39, 0.29) is 11.8 Å². The Hall–Kier alpha value is -3.22. The van der Waals surface area contributed by atoms with Gasteiger partial charge >= 0.3 is 5.97 Å². The molecule has 1 N–H and O–H groups in total. The number of benzene rings is 2. The number of carbonyl (C=O) groups is 2. The molecule has 1 heterocycles. The SMILES string of the molecule is CC(C)CC(=O)Nc1ccc(C(=O)On2nnc3ccccc32)cc1. The molecule has 2 aromatic carbocycles. The zero-order chi connectivity index (χ0) is 17.8. The Bertz CT molecular complexity index is 900. The highest BCUT2D eigenvalue weighted by Gasteiger charge is 2.13. The normalized spacial score (nSPS) is 10.8. The van der Waals surface area contributed by atoms with E-state index in [0.29, 0.717) is 28.7 Å². The van der Waals surface area contributed by atoms with Crippen LogP contribution in [0.3, 0.4) is 0 Å². The fourth-order valence-electron chi connectivity index (χ4n) is 2.32. The second-order valence-corrected chi connectivity index (χ2v) is 6.05. The largest absolute Gasteiger partial charge is 0.365 e. The van der Waals surface area contributed by atoms with Crippen molar-refractivity contribution < 1.29 is 14.4 Å². The van der Waals surface area contributed by atoms with Crippen LogP contribution < -0.4 is 10.2 Å². The van der Waals surface area contributed by atoms with Crippen LogP contribution in [0.5, 0.6) is 0 Å². The van der Waals surface area contributed by atoms with E-state index in [1.807, 2.05) is 26.0 Å². The summed E-state index contributed by atoms with van der Waals surface area (Å²) in [6.45, 7) is 3.96. The molecule has 128 valence electrons. The average Bonchev–Trinajstić information content (AvgIpc) is 2.98. The van der Waals surface area contributed by atoms with Crippen molar-refractivity contribution in [1.29, 1.82) is 0 Å². The van der Waals surface area contributed by atoms with E-state index in [1.54, 1.807) is 36.4 Å². The van der Waals surface area contributed by atoms with Crippen molar-refractivity contribution in [2.75, 3.05) is 5.32 Å². The van der Waals surface area contributed by atoms with Crippen LogP contribution in [0.4, 0.5) is 5.69 Å². The minimum absolute atomic E-state index is 0.0561. The van der Waals surface area contributed by atoms with Gasteiger partial charge in [0.05, 0.1) is 5.56 Å². The number of amides is 1. The quantitative estimate of drug-likeness (QED) is 0.723. The number of nitrogens with zero attached hydrogens (tertiary/aromatic N) is 3. The molecule has 3 rings (SSSR count). The smallest absolute Gasteiger partial charge is 0.326 e. The molecule has 0 aliphatic carbocycles. The topological polar surface area (TPSA) is 86.1 Å². The predicted molar refractivity (Wildman–Crippen MR) is 93.0 cm³/mol. The van der Waals surface area contributed by atoms with E-state index in [4.69, 9.17) is 4.84 Å². The number of hydrogen-bond acceptors (Lipinski definition) is 5. The van der Waals surface area contributed by atoms with Gasteiger partial charge in [-0.3, -0.25) is 4.79 Å². The van der Waals surface area contributed by atoms with E-state index < -0.39 is 5.97 Å². The summed E-state index contributed by atoms with van der Waals surface area (Å²) in [7, 11) is 0. The van der Waals surface area contributed by atoms with Crippen LogP contribution >= 0.6 is 0 Å². The summed E-state index contributed by atoms with van der Waals surface area (Å²) < 4.78 is 0. The number of aromatic nitrogens is 3. The van der Waals surface area contributed by atoms with Crippen molar-refractivity contribution in [3.63, 3.8) is 0 Å². The number of anilines is 1. The third-order valence-corrected chi connectivity index (χ3v) is 3.49. The van der Waals surface area contributed by atoms with Crippen molar-refractivity contribution >= 4 is 28.6 Å². The van der Waals surface area contributed by atoms with Crippen LogP contribution in [0.15, 0.2) is 48.5 Å². The molecule has 7 nitrogen and oxygen atoms in total. The molecule has 1 amide bonds. The van der Waals surface area contributed by atoms with Crippen molar-refractivity contribution in [2.24, 2.45) is 5.92 Å². The van der Waals surface area contributed by atoms with Crippen LogP contribution in [0.1, 0.15) is 30.6 Å². The lowest BCUT2D eigenvalue weighted by atomic mass is 10.1. The van der Waals surface area contributed by atoms with E-state index in [2.05, 4.69) is 15.6 Å².